The van der Waals surface area contributed by atoms with Gasteiger partial charge in [0.25, 0.3) is 0 Å². The van der Waals surface area contributed by atoms with E-state index >= 15 is 17.6 Å². The third-order valence-electron chi connectivity index (χ3n) is 13.5. The predicted octanol–water partition coefficient (Wildman–Crippen LogP) is 11.6. The van der Waals surface area contributed by atoms with Crippen molar-refractivity contribution in [3.8, 4) is 51.2 Å². The monoisotopic (exact) mass is 1080 g/mol. The number of imidazole rings is 2. The van der Waals surface area contributed by atoms with Crippen LogP contribution in [-0.4, -0.2) is 78.7 Å². The predicted molar refractivity (Wildman–Crippen MR) is 287 cm³/mol. The van der Waals surface area contributed by atoms with Gasteiger partial charge in [-0.25, -0.2) is 47.1 Å². The molecule has 0 saturated heterocycles. The maximum atomic E-state index is 16.4. The topological polar surface area (TPSA) is 197 Å². The number of rotatable bonds is 21. The van der Waals surface area contributed by atoms with Crippen molar-refractivity contribution in [3.63, 3.8) is 0 Å². The van der Waals surface area contributed by atoms with Crippen molar-refractivity contribution in [2.24, 2.45) is 0 Å². The van der Waals surface area contributed by atoms with E-state index in [1.165, 1.54) is 55.8 Å². The van der Waals surface area contributed by atoms with Crippen LogP contribution in [0.4, 0.5) is 17.6 Å². The molecule has 80 heavy (non-hydrogen) atoms. The van der Waals surface area contributed by atoms with Gasteiger partial charge in [0.05, 0.1) is 58.0 Å². The second kappa shape index (κ2) is 23.5. The van der Waals surface area contributed by atoms with E-state index in [4.69, 9.17) is 23.9 Å². The fraction of sp³-hybridized carbons (Fsp3) is 0.164. The largest absolute Gasteiger partial charge is 0.478 e. The molecule has 2 N–H and O–H groups in total. The number of pyridine rings is 2. The Bertz CT molecular complexity index is 4020. The molecule has 402 valence electrons. The Kier molecular flexibility index (Phi) is 15.7. The lowest BCUT2D eigenvalue weighted by molar-refractivity contribution is 0.0686. The van der Waals surface area contributed by atoms with Crippen LogP contribution in [0.25, 0.3) is 55.4 Å². The number of methoxy groups -OCH3 is 2. The SMILES string of the molecule is COCCn1c(Cc2ccc(-c3cccnc3OCc3ccc(-c4cnc(OCc5ccc(C#N)cc5F)c(-c5cc(F)c(Cc6nc7ccc(C(=O)O)cc7n6CCOC)c(F)c5)c4)cc3)cc2F)nc2ccc(C(=O)O)cc21. The number of hydrogen-bond donors (Lipinski definition) is 2. The Balaban J connectivity index is 0.893. The summed E-state index contributed by atoms with van der Waals surface area (Å²) in [5, 5.41) is 28.5. The van der Waals surface area contributed by atoms with Crippen molar-refractivity contribution in [1.82, 2.24) is 29.1 Å². The maximum Gasteiger partial charge on any atom is 0.335 e. The summed E-state index contributed by atoms with van der Waals surface area (Å²) in [5.41, 5.74) is 5.80. The van der Waals surface area contributed by atoms with Gasteiger partial charge in [-0.3, -0.25) is 0 Å². The minimum Gasteiger partial charge on any atom is -0.478 e. The van der Waals surface area contributed by atoms with Gasteiger partial charge in [-0.1, -0.05) is 42.5 Å². The first-order valence-electron chi connectivity index (χ1n) is 25.0. The number of nitriles is 1. The molecule has 0 aliphatic carbocycles. The highest BCUT2D eigenvalue weighted by Crippen LogP contribution is 2.37. The van der Waals surface area contributed by atoms with Gasteiger partial charge in [-0.2, -0.15) is 5.26 Å². The molecule has 0 atom stereocenters. The molecule has 6 aromatic carbocycles. The van der Waals surface area contributed by atoms with Gasteiger partial charge < -0.3 is 38.3 Å². The summed E-state index contributed by atoms with van der Waals surface area (Å²) < 4.78 is 90.2. The summed E-state index contributed by atoms with van der Waals surface area (Å²) in [6, 6.07) is 34.4. The fourth-order valence-corrected chi connectivity index (χ4v) is 9.34. The van der Waals surface area contributed by atoms with E-state index in [1.807, 2.05) is 34.9 Å². The summed E-state index contributed by atoms with van der Waals surface area (Å²) in [7, 11) is 3.06. The van der Waals surface area contributed by atoms with Gasteiger partial charge >= 0.3 is 11.9 Å². The Morgan fingerprint density at radius 3 is 1.75 bits per heavy atom. The zero-order valence-electron chi connectivity index (χ0n) is 42.9. The zero-order chi connectivity index (χ0) is 56.0. The molecule has 19 heteroatoms. The first kappa shape index (κ1) is 53.6. The lowest BCUT2D eigenvalue weighted by Gasteiger charge is -2.15. The highest BCUT2D eigenvalue weighted by atomic mass is 19.1. The van der Waals surface area contributed by atoms with Crippen molar-refractivity contribution in [2.45, 2.75) is 39.1 Å². The van der Waals surface area contributed by atoms with E-state index < -0.39 is 35.2 Å². The van der Waals surface area contributed by atoms with Gasteiger partial charge in [0.15, 0.2) is 0 Å². The molecule has 4 heterocycles. The molecule has 0 radical (unpaired) electrons. The second-order valence-corrected chi connectivity index (χ2v) is 18.6. The second-order valence-electron chi connectivity index (χ2n) is 18.6. The summed E-state index contributed by atoms with van der Waals surface area (Å²) in [4.78, 5) is 41.8. The molecule has 15 nitrogen and oxygen atoms in total. The molecule has 0 amide bonds. The van der Waals surface area contributed by atoms with Crippen LogP contribution in [0.2, 0.25) is 0 Å². The molecular formula is C61H47F4N7O8. The average molecular weight is 1080 g/mol. The average Bonchev–Trinajstić information content (AvgIpc) is 4.22. The Hall–Kier alpha value is -9.77. The number of carbonyl (C=O) groups is 2. The van der Waals surface area contributed by atoms with E-state index in [0.717, 1.165) is 23.8 Å². The number of ether oxygens (including phenoxy) is 4. The van der Waals surface area contributed by atoms with E-state index in [0.29, 0.717) is 68.9 Å². The zero-order valence-corrected chi connectivity index (χ0v) is 42.9. The number of benzene rings is 6. The number of fused-ring (bicyclic) bond motifs is 2. The minimum atomic E-state index is -1.14. The van der Waals surface area contributed by atoms with Crippen molar-refractivity contribution in [3.05, 3.63) is 214 Å². The van der Waals surface area contributed by atoms with Crippen molar-refractivity contribution < 1.29 is 56.3 Å². The molecule has 0 unspecified atom stereocenters. The number of halogens is 4. The van der Waals surface area contributed by atoms with Gasteiger partial charge in [-0.15, -0.1) is 0 Å². The quantitative estimate of drug-likeness (QED) is 0.0645. The molecule has 0 bridgehead atoms. The summed E-state index contributed by atoms with van der Waals surface area (Å²) in [6.07, 6.45) is 2.92. The maximum absolute atomic E-state index is 16.4. The van der Waals surface area contributed by atoms with Crippen LogP contribution in [0.3, 0.4) is 0 Å². The third kappa shape index (κ3) is 11.4. The van der Waals surface area contributed by atoms with Crippen molar-refractivity contribution in [2.75, 3.05) is 27.4 Å². The molecule has 10 aromatic rings. The molecule has 0 spiro atoms. The Labute approximate surface area is 454 Å². The van der Waals surface area contributed by atoms with Gasteiger partial charge in [0, 0.05) is 80.4 Å². The number of aromatic nitrogens is 6. The number of carboxylic acid groups (broad SMARTS) is 2. The van der Waals surface area contributed by atoms with E-state index in [-0.39, 0.29) is 95.7 Å². The van der Waals surface area contributed by atoms with Crippen LogP contribution < -0.4 is 9.47 Å². The van der Waals surface area contributed by atoms with Crippen LogP contribution in [0.15, 0.2) is 140 Å². The minimum absolute atomic E-state index is 0.0220. The molecule has 0 saturated carbocycles. The first-order chi connectivity index (χ1) is 38.8. The van der Waals surface area contributed by atoms with Crippen LogP contribution >= 0.6 is 0 Å². The number of hydrogen-bond acceptors (Lipinski definition) is 11. The normalized spacial score (nSPS) is 11.3. The van der Waals surface area contributed by atoms with Crippen LogP contribution in [0.5, 0.6) is 11.8 Å². The van der Waals surface area contributed by atoms with Crippen LogP contribution in [0.1, 0.15) is 60.2 Å². The van der Waals surface area contributed by atoms with Crippen LogP contribution in [0, 0.1) is 34.6 Å². The van der Waals surface area contributed by atoms with Crippen molar-refractivity contribution >= 4 is 34.0 Å². The third-order valence-corrected chi connectivity index (χ3v) is 13.5. The molecule has 10 rings (SSSR count). The lowest BCUT2D eigenvalue weighted by atomic mass is 9.98. The highest BCUT2D eigenvalue weighted by molar-refractivity contribution is 5.93. The summed E-state index contributed by atoms with van der Waals surface area (Å²) >= 11 is 0. The molecule has 0 aliphatic heterocycles. The lowest BCUT2D eigenvalue weighted by Crippen LogP contribution is -2.11. The van der Waals surface area contributed by atoms with Gasteiger partial charge in [0.1, 0.15) is 48.1 Å². The molecule has 0 aliphatic rings. The fourth-order valence-electron chi connectivity index (χ4n) is 9.34. The molecular weight excluding hydrogens is 1030 g/mol. The van der Waals surface area contributed by atoms with E-state index in [1.54, 1.807) is 60.3 Å². The van der Waals surface area contributed by atoms with Crippen molar-refractivity contribution in [1.29, 1.82) is 5.26 Å². The van der Waals surface area contributed by atoms with Gasteiger partial charge in [0.2, 0.25) is 11.8 Å². The number of nitrogens with zero attached hydrogens (tertiary/aromatic N) is 7. The van der Waals surface area contributed by atoms with Crippen LogP contribution in [-0.2, 0) is 48.6 Å². The highest BCUT2D eigenvalue weighted by Gasteiger charge is 2.23. The number of aromatic carboxylic acids is 2. The smallest absolute Gasteiger partial charge is 0.335 e. The van der Waals surface area contributed by atoms with E-state index in [9.17, 15) is 25.1 Å². The van der Waals surface area contributed by atoms with E-state index in [2.05, 4.69) is 15.0 Å². The first-order valence-corrected chi connectivity index (χ1v) is 25.0. The number of carboxylic acids is 2. The standard InChI is InChI=1S/C61H47F4N7O8/c1-77-20-18-71-54-27-40(60(73)74)13-15-52(54)69-56(71)29-39-12-11-38(24-49(39)63)45-4-3-17-67-58(45)79-33-35-5-8-37(9-6-35)44-23-46(59(68-32-44)80-34-42-10-7-36(31-66)22-48(42)62)43-25-50(64)47(51(65)26-43)30-57-70-53-16-14-41(61(75)76)28-55(53)72(57)19-21-78-2/h3-17,22-28,32H,18-21,29-30,33-34H2,1-2H3,(H,73,74)(H,75,76). The molecule has 0 fully saturated rings. The Morgan fingerprint density at radius 1 is 0.575 bits per heavy atom. The Morgan fingerprint density at radius 2 is 1.15 bits per heavy atom. The summed E-state index contributed by atoms with van der Waals surface area (Å²) in [6.45, 7) is 0.913. The summed E-state index contributed by atoms with van der Waals surface area (Å²) in [5.74, 6) is -4.15. The molecule has 4 aromatic heterocycles. The van der Waals surface area contributed by atoms with Gasteiger partial charge in [-0.05, 0) is 113 Å².